The molecule has 0 radical (unpaired) electrons. The number of nitrogens with one attached hydrogen (secondary N) is 1. The molecule has 2 aromatic carbocycles. The number of ether oxygens (including phenoxy) is 1. The van der Waals surface area contributed by atoms with E-state index in [9.17, 15) is 13.2 Å². The monoisotopic (exact) mass is 360 g/mol. The number of aryl methyl sites for hydroxylation is 1. The van der Waals surface area contributed by atoms with Crippen LogP contribution in [0.5, 0.6) is 5.75 Å². The summed E-state index contributed by atoms with van der Waals surface area (Å²) in [7, 11) is -1.86. The number of benzene rings is 2. The average molecular weight is 360 g/mol. The Morgan fingerprint density at radius 1 is 1.12 bits per heavy atom. The number of amides is 1. The number of para-hydroxylation sites is 1. The largest absolute Gasteiger partial charge is 0.479 e. The first kappa shape index (κ1) is 17.3. The molecular weight excluding hydrogens is 340 g/mol. The summed E-state index contributed by atoms with van der Waals surface area (Å²) < 4.78 is 32.8. The lowest BCUT2D eigenvalue weighted by Gasteiger charge is -2.27. The van der Waals surface area contributed by atoms with Crippen molar-refractivity contribution in [3.8, 4) is 5.75 Å². The summed E-state index contributed by atoms with van der Waals surface area (Å²) in [5, 5.41) is 0. The maximum atomic E-state index is 12.4. The fourth-order valence-corrected chi connectivity index (χ4v) is 3.84. The minimum absolute atomic E-state index is 0.0142. The van der Waals surface area contributed by atoms with Crippen molar-refractivity contribution in [2.24, 2.45) is 0 Å². The fourth-order valence-electron chi connectivity index (χ4n) is 2.72. The zero-order chi connectivity index (χ0) is 17.9. The smallest absolute Gasteiger partial charge is 0.264 e. The van der Waals surface area contributed by atoms with Gasteiger partial charge in [0.25, 0.3) is 5.91 Å². The molecule has 7 heteroatoms. The molecule has 25 heavy (non-hydrogen) atoms. The van der Waals surface area contributed by atoms with Gasteiger partial charge in [-0.1, -0.05) is 36.4 Å². The molecule has 0 atom stereocenters. The van der Waals surface area contributed by atoms with Crippen molar-refractivity contribution >= 4 is 27.3 Å². The molecule has 1 N–H and O–H groups in total. The van der Waals surface area contributed by atoms with E-state index in [2.05, 4.69) is 4.72 Å². The van der Waals surface area contributed by atoms with Crippen molar-refractivity contribution in [1.82, 2.24) is 0 Å². The maximum absolute atomic E-state index is 12.4. The molecule has 132 valence electrons. The van der Waals surface area contributed by atoms with Crippen LogP contribution >= 0.6 is 0 Å². The number of likely N-dealkylation sites (N-methyl/N-ethyl adjacent to an activating group) is 1. The van der Waals surface area contributed by atoms with E-state index in [4.69, 9.17) is 4.74 Å². The van der Waals surface area contributed by atoms with E-state index in [1.54, 1.807) is 25.2 Å². The SMILES string of the molecule is CN1C(=O)COc2c(NS(=O)(=O)CCCc3ccccc3)cccc21. The molecule has 0 spiro atoms. The van der Waals surface area contributed by atoms with Gasteiger partial charge in [-0.3, -0.25) is 9.52 Å². The van der Waals surface area contributed by atoms with E-state index in [1.807, 2.05) is 30.3 Å². The van der Waals surface area contributed by atoms with Gasteiger partial charge in [-0.15, -0.1) is 0 Å². The lowest BCUT2D eigenvalue weighted by molar-refractivity contribution is -0.120. The molecule has 1 heterocycles. The summed E-state index contributed by atoms with van der Waals surface area (Å²) in [5.41, 5.74) is 2.02. The minimum Gasteiger partial charge on any atom is -0.479 e. The Morgan fingerprint density at radius 2 is 1.88 bits per heavy atom. The Morgan fingerprint density at radius 3 is 2.64 bits per heavy atom. The van der Waals surface area contributed by atoms with Gasteiger partial charge in [0, 0.05) is 7.05 Å². The molecule has 1 amide bonds. The van der Waals surface area contributed by atoms with E-state index in [-0.39, 0.29) is 18.3 Å². The van der Waals surface area contributed by atoms with Crippen LogP contribution < -0.4 is 14.4 Å². The number of nitrogens with zero attached hydrogens (tertiary/aromatic N) is 1. The summed E-state index contributed by atoms with van der Waals surface area (Å²) in [6.07, 6.45) is 1.22. The third-order valence-electron chi connectivity index (χ3n) is 4.06. The fraction of sp³-hybridized carbons (Fsp3) is 0.278. The van der Waals surface area contributed by atoms with Crippen molar-refractivity contribution in [3.63, 3.8) is 0 Å². The Bertz CT molecular complexity index is 866. The standard InChI is InChI=1S/C18H20N2O4S/c1-20-16-11-5-10-15(18(16)24-13-17(20)21)19-25(22,23)12-6-9-14-7-3-2-4-8-14/h2-5,7-8,10-11,19H,6,9,12-13H2,1H3. The van der Waals surface area contributed by atoms with Crippen LogP contribution in [0.1, 0.15) is 12.0 Å². The second-order valence-electron chi connectivity index (χ2n) is 5.91. The van der Waals surface area contributed by atoms with E-state index in [1.165, 1.54) is 4.90 Å². The predicted molar refractivity (Wildman–Crippen MR) is 97.5 cm³/mol. The number of rotatable bonds is 6. The molecule has 0 saturated heterocycles. The van der Waals surface area contributed by atoms with Crippen molar-refractivity contribution < 1.29 is 17.9 Å². The van der Waals surface area contributed by atoms with Crippen LogP contribution in [-0.4, -0.2) is 33.7 Å². The molecule has 1 aliphatic heterocycles. The number of hydrogen-bond acceptors (Lipinski definition) is 4. The molecule has 2 aromatic rings. The highest BCUT2D eigenvalue weighted by Gasteiger charge is 2.25. The van der Waals surface area contributed by atoms with Gasteiger partial charge in [0.05, 0.1) is 17.1 Å². The molecular formula is C18H20N2O4S. The zero-order valence-corrected chi connectivity index (χ0v) is 14.8. The molecule has 0 unspecified atom stereocenters. The molecule has 0 saturated carbocycles. The normalized spacial score (nSPS) is 14.0. The number of carbonyl (C=O) groups is 1. The van der Waals surface area contributed by atoms with Crippen molar-refractivity contribution in [2.75, 3.05) is 29.0 Å². The maximum Gasteiger partial charge on any atom is 0.264 e. The molecule has 0 aromatic heterocycles. The van der Waals surface area contributed by atoms with Crippen molar-refractivity contribution in [1.29, 1.82) is 0 Å². The second kappa shape index (κ2) is 7.14. The summed E-state index contributed by atoms with van der Waals surface area (Å²) in [4.78, 5) is 13.2. The number of sulfonamides is 1. The van der Waals surface area contributed by atoms with Crippen LogP contribution in [0.15, 0.2) is 48.5 Å². The highest BCUT2D eigenvalue weighted by molar-refractivity contribution is 7.92. The van der Waals surface area contributed by atoms with E-state index >= 15 is 0 Å². The van der Waals surface area contributed by atoms with E-state index in [0.29, 0.717) is 30.0 Å². The summed E-state index contributed by atoms with van der Waals surface area (Å²) in [6.45, 7) is -0.101. The van der Waals surface area contributed by atoms with Gasteiger partial charge in [0.1, 0.15) is 0 Å². The summed E-state index contributed by atoms with van der Waals surface area (Å²) >= 11 is 0. The Labute approximate surface area is 147 Å². The minimum atomic E-state index is -3.50. The first-order valence-electron chi connectivity index (χ1n) is 8.03. The zero-order valence-electron chi connectivity index (χ0n) is 13.9. The number of fused-ring (bicyclic) bond motifs is 1. The third-order valence-corrected chi connectivity index (χ3v) is 5.41. The molecule has 0 fully saturated rings. The number of hydrogen-bond donors (Lipinski definition) is 1. The molecule has 3 rings (SSSR count). The topological polar surface area (TPSA) is 75.7 Å². The Kier molecular flexibility index (Phi) is 4.94. The highest BCUT2D eigenvalue weighted by Crippen LogP contribution is 2.38. The first-order chi connectivity index (χ1) is 12.0. The summed E-state index contributed by atoms with van der Waals surface area (Å²) in [5.74, 6) is 0.229. The van der Waals surface area contributed by atoms with Gasteiger partial charge in [0.2, 0.25) is 10.0 Å². The van der Waals surface area contributed by atoms with E-state index < -0.39 is 10.0 Å². The Balaban J connectivity index is 1.68. The third kappa shape index (κ3) is 4.11. The first-order valence-corrected chi connectivity index (χ1v) is 9.68. The number of carbonyl (C=O) groups excluding carboxylic acids is 1. The quantitative estimate of drug-likeness (QED) is 0.858. The van der Waals surface area contributed by atoms with Gasteiger partial charge in [-0.05, 0) is 30.5 Å². The van der Waals surface area contributed by atoms with Crippen LogP contribution in [0.25, 0.3) is 0 Å². The van der Waals surface area contributed by atoms with Crippen molar-refractivity contribution in [2.45, 2.75) is 12.8 Å². The summed E-state index contributed by atoms with van der Waals surface area (Å²) in [6, 6.07) is 14.8. The van der Waals surface area contributed by atoms with Crippen LogP contribution in [0.2, 0.25) is 0 Å². The van der Waals surface area contributed by atoms with Crippen LogP contribution in [0.4, 0.5) is 11.4 Å². The molecule has 0 aliphatic carbocycles. The number of anilines is 2. The van der Waals surface area contributed by atoms with Gasteiger partial charge >= 0.3 is 0 Å². The van der Waals surface area contributed by atoms with Gasteiger partial charge in [-0.2, -0.15) is 0 Å². The Hall–Kier alpha value is -2.54. The molecule has 0 bridgehead atoms. The average Bonchev–Trinajstić information content (AvgIpc) is 2.59. The predicted octanol–water partition coefficient (Wildman–Crippen LogP) is 2.42. The van der Waals surface area contributed by atoms with Crippen LogP contribution in [0.3, 0.4) is 0 Å². The second-order valence-corrected chi connectivity index (χ2v) is 7.75. The highest BCUT2D eigenvalue weighted by atomic mass is 32.2. The molecule has 1 aliphatic rings. The lowest BCUT2D eigenvalue weighted by Crippen LogP contribution is -2.35. The lowest BCUT2D eigenvalue weighted by atomic mass is 10.1. The van der Waals surface area contributed by atoms with E-state index in [0.717, 1.165) is 5.56 Å². The van der Waals surface area contributed by atoms with Crippen LogP contribution in [-0.2, 0) is 21.2 Å². The van der Waals surface area contributed by atoms with Gasteiger partial charge < -0.3 is 9.64 Å². The van der Waals surface area contributed by atoms with Gasteiger partial charge in [0.15, 0.2) is 12.4 Å². The molecule has 6 nitrogen and oxygen atoms in total. The van der Waals surface area contributed by atoms with Crippen LogP contribution in [0, 0.1) is 0 Å². The van der Waals surface area contributed by atoms with Crippen molar-refractivity contribution in [3.05, 3.63) is 54.1 Å². The van der Waals surface area contributed by atoms with Gasteiger partial charge in [-0.25, -0.2) is 8.42 Å².